The molecule has 0 radical (unpaired) electrons. The van der Waals surface area contributed by atoms with Crippen LogP contribution in [0.3, 0.4) is 0 Å². The largest absolute Gasteiger partial charge is 0.497 e. The Bertz CT molecular complexity index is 515. The van der Waals surface area contributed by atoms with Gasteiger partial charge in [0.25, 0.3) is 0 Å². The van der Waals surface area contributed by atoms with Crippen molar-refractivity contribution < 1.29 is 28.5 Å². The van der Waals surface area contributed by atoms with Gasteiger partial charge in [0.2, 0.25) is 0 Å². The van der Waals surface area contributed by atoms with Crippen molar-refractivity contribution in [2.75, 3.05) is 7.11 Å². The van der Waals surface area contributed by atoms with Crippen molar-refractivity contribution in [1.29, 1.82) is 0 Å². The van der Waals surface area contributed by atoms with Crippen LogP contribution in [0.1, 0.15) is 24.0 Å². The molecule has 0 fully saturated rings. The number of carbonyl (C=O) groups is 1. The Morgan fingerprint density at radius 1 is 1.47 bits per heavy atom. The molecule has 0 amide bonds. The molecule has 0 spiro atoms. The monoisotopic (exact) mass is 272 g/mol. The molecule has 1 aliphatic rings. The SMILES string of the molecule is COc1ccc2c(c1)C(O)(C(F)(F)C(=O)O)CCC2. The normalized spacial score (nSPS) is 22.7. The minimum Gasteiger partial charge on any atom is -0.497 e. The maximum atomic E-state index is 13.8. The third kappa shape index (κ3) is 1.96. The number of hydrogen-bond acceptors (Lipinski definition) is 3. The first-order valence-electron chi connectivity index (χ1n) is 5.84. The van der Waals surface area contributed by atoms with Gasteiger partial charge in [0.15, 0.2) is 5.60 Å². The molecule has 4 nitrogen and oxygen atoms in total. The topological polar surface area (TPSA) is 66.8 Å². The van der Waals surface area contributed by atoms with Gasteiger partial charge in [-0.05, 0) is 42.5 Å². The van der Waals surface area contributed by atoms with Crippen molar-refractivity contribution in [1.82, 2.24) is 0 Å². The average Bonchev–Trinajstić information content (AvgIpc) is 2.38. The summed E-state index contributed by atoms with van der Waals surface area (Å²) in [7, 11) is 1.37. The molecule has 1 aromatic carbocycles. The molecule has 0 bridgehead atoms. The molecule has 104 valence electrons. The zero-order chi connectivity index (χ0) is 14.3. The third-order valence-electron chi connectivity index (χ3n) is 3.54. The second-order valence-electron chi connectivity index (χ2n) is 4.62. The number of ether oxygens (including phenoxy) is 1. The van der Waals surface area contributed by atoms with Crippen molar-refractivity contribution in [2.45, 2.75) is 30.8 Å². The smallest absolute Gasteiger partial charge is 0.378 e. The Hall–Kier alpha value is -1.69. The number of carboxylic acid groups (broad SMARTS) is 1. The number of alkyl halides is 2. The Morgan fingerprint density at radius 3 is 2.74 bits per heavy atom. The number of fused-ring (bicyclic) bond motifs is 1. The Balaban J connectivity index is 2.60. The molecule has 0 aliphatic heterocycles. The maximum Gasteiger partial charge on any atom is 0.378 e. The van der Waals surface area contributed by atoms with Gasteiger partial charge in [-0.25, -0.2) is 4.79 Å². The number of carboxylic acids is 1. The second-order valence-corrected chi connectivity index (χ2v) is 4.62. The summed E-state index contributed by atoms with van der Waals surface area (Å²) in [6.45, 7) is 0. The van der Waals surface area contributed by atoms with Crippen LogP contribution >= 0.6 is 0 Å². The highest BCUT2D eigenvalue weighted by Crippen LogP contribution is 2.46. The molecule has 1 aromatic rings. The molecule has 2 rings (SSSR count). The lowest BCUT2D eigenvalue weighted by molar-refractivity contribution is -0.216. The lowest BCUT2D eigenvalue weighted by atomic mass is 9.75. The molecule has 19 heavy (non-hydrogen) atoms. The van der Waals surface area contributed by atoms with Crippen LogP contribution in [0.2, 0.25) is 0 Å². The molecular weight excluding hydrogens is 258 g/mol. The first kappa shape index (κ1) is 13.7. The molecule has 0 saturated heterocycles. The molecule has 2 N–H and O–H groups in total. The number of aryl methyl sites for hydroxylation is 1. The van der Waals surface area contributed by atoms with E-state index in [1.807, 2.05) is 0 Å². The molecule has 1 unspecified atom stereocenters. The molecule has 0 aromatic heterocycles. The number of aliphatic carboxylic acids is 1. The standard InChI is InChI=1S/C13H14F2O4/c1-19-9-5-4-8-3-2-6-12(18,10(8)7-9)13(14,15)11(16)17/h4-5,7,18H,2-3,6H2,1H3,(H,16,17). The van der Waals surface area contributed by atoms with E-state index in [9.17, 15) is 18.7 Å². The summed E-state index contributed by atoms with van der Waals surface area (Å²) >= 11 is 0. The highest BCUT2D eigenvalue weighted by molar-refractivity contribution is 5.78. The zero-order valence-electron chi connectivity index (χ0n) is 10.3. The van der Waals surface area contributed by atoms with Crippen LogP contribution in [0.25, 0.3) is 0 Å². The first-order chi connectivity index (χ1) is 8.83. The van der Waals surface area contributed by atoms with Crippen molar-refractivity contribution >= 4 is 5.97 Å². The van der Waals surface area contributed by atoms with E-state index in [-0.39, 0.29) is 12.0 Å². The third-order valence-corrected chi connectivity index (χ3v) is 3.54. The van der Waals surface area contributed by atoms with E-state index in [1.54, 1.807) is 12.1 Å². The van der Waals surface area contributed by atoms with Gasteiger partial charge >= 0.3 is 11.9 Å². The predicted molar refractivity (Wildman–Crippen MR) is 62.4 cm³/mol. The van der Waals surface area contributed by atoms with E-state index < -0.39 is 17.5 Å². The van der Waals surface area contributed by atoms with Gasteiger partial charge in [-0.15, -0.1) is 0 Å². The highest BCUT2D eigenvalue weighted by atomic mass is 19.3. The summed E-state index contributed by atoms with van der Waals surface area (Å²) < 4.78 is 32.6. The molecular formula is C13H14F2O4. The number of methoxy groups -OCH3 is 1. The van der Waals surface area contributed by atoms with Crippen LogP contribution < -0.4 is 4.74 Å². The van der Waals surface area contributed by atoms with Crippen LogP contribution in [-0.2, 0) is 16.8 Å². The van der Waals surface area contributed by atoms with E-state index >= 15 is 0 Å². The van der Waals surface area contributed by atoms with E-state index in [0.29, 0.717) is 24.2 Å². The van der Waals surface area contributed by atoms with E-state index in [4.69, 9.17) is 9.84 Å². The first-order valence-corrected chi connectivity index (χ1v) is 5.84. The van der Waals surface area contributed by atoms with Crippen molar-refractivity contribution in [2.24, 2.45) is 0 Å². The van der Waals surface area contributed by atoms with Crippen LogP contribution in [0.4, 0.5) is 8.78 Å². The predicted octanol–water partition coefficient (Wildman–Crippen LogP) is 1.94. The molecule has 0 saturated carbocycles. The fraction of sp³-hybridized carbons (Fsp3) is 0.462. The summed E-state index contributed by atoms with van der Waals surface area (Å²) in [5.41, 5.74) is -2.23. The Morgan fingerprint density at radius 2 is 2.16 bits per heavy atom. The van der Waals surface area contributed by atoms with Gasteiger partial charge in [0, 0.05) is 0 Å². The summed E-state index contributed by atoms with van der Waals surface area (Å²) in [4.78, 5) is 10.7. The lowest BCUT2D eigenvalue weighted by Crippen LogP contribution is -2.52. The van der Waals surface area contributed by atoms with Crippen molar-refractivity contribution in [3.05, 3.63) is 29.3 Å². The summed E-state index contributed by atoms with van der Waals surface area (Å²) in [6.07, 6.45) is 0.530. The Kier molecular flexibility index (Phi) is 3.22. The maximum absolute atomic E-state index is 13.8. The number of benzene rings is 1. The van der Waals surface area contributed by atoms with Crippen molar-refractivity contribution in [3.8, 4) is 5.75 Å². The van der Waals surface area contributed by atoms with E-state index in [2.05, 4.69) is 0 Å². The quantitative estimate of drug-likeness (QED) is 0.882. The lowest BCUT2D eigenvalue weighted by Gasteiger charge is -2.38. The van der Waals surface area contributed by atoms with Crippen LogP contribution in [0.15, 0.2) is 18.2 Å². The molecule has 6 heteroatoms. The van der Waals surface area contributed by atoms with Gasteiger partial charge in [-0.1, -0.05) is 6.07 Å². The second kappa shape index (κ2) is 4.45. The Labute approximate surface area is 108 Å². The van der Waals surface area contributed by atoms with Crippen LogP contribution in [0, 0.1) is 0 Å². The number of rotatable bonds is 3. The van der Waals surface area contributed by atoms with Gasteiger partial charge < -0.3 is 14.9 Å². The van der Waals surface area contributed by atoms with E-state index in [1.165, 1.54) is 13.2 Å². The molecule has 0 heterocycles. The minimum atomic E-state index is -4.24. The van der Waals surface area contributed by atoms with E-state index in [0.717, 1.165) is 0 Å². The van der Waals surface area contributed by atoms with Crippen LogP contribution in [0.5, 0.6) is 5.75 Å². The average molecular weight is 272 g/mol. The molecule has 1 atom stereocenters. The fourth-order valence-corrected chi connectivity index (χ4v) is 2.46. The fourth-order valence-electron chi connectivity index (χ4n) is 2.46. The van der Waals surface area contributed by atoms with Crippen molar-refractivity contribution in [3.63, 3.8) is 0 Å². The van der Waals surface area contributed by atoms with Gasteiger partial charge in [0.05, 0.1) is 7.11 Å². The summed E-state index contributed by atoms with van der Waals surface area (Å²) in [6, 6.07) is 4.46. The molecule has 1 aliphatic carbocycles. The number of aliphatic hydroxyl groups is 1. The summed E-state index contributed by atoms with van der Waals surface area (Å²) in [5.74, 6) is -6.26. The highest BCUT2D eigenvalue weighted by Gasteiger charge is 2.61. The van der Waals surface area contributed by atoms with Gasteiger partial charge in [-0.3, -0.25) is 0 Å². The number of halogens is 2. The zero-order valence-corrected chi connectivity index (χ0v) is 10.3. The number of hydrogen-bond donors (Lipinski definition) is 2. The summed E-state index contributed by atoms with van der Waals surface area (Å²) in [5, 5.41) is 18.9. The van der Waals surface area contributed by atoms with Gasteiger partial charge in [-0.2, -0.15) is 8.78 Å². The van der Waals surface area contributed by atoms with Crippen LogP contribution in [-0.4, -0.2) is 29.2 Å². The van der Waals surface area contributed by atoms with Gasteiger partial charge in [0.1, 0.15) is 5.75 Å². The minimum absolute atomic E-state index is 0.0644.